The largest absolute Gasteiger partial charge is 0.443 e. The van der Waals surface area contributed by atoms with Crippen LogP contribution in [0.3, 0.4) is 0 Å². The fourth-order valence-corrected chi connectivity index (χ4v) is 4.50. The molecule has 36 heavy (non-hydrogen) atoms. The smallest absolute Gasteiger partial charge is 0.417 e. The first kappa shape index (κ1) is 27.4. The summed E-state index contributed by atoms with van der Waals surface area (Å²) in [6.45, 7) is 6.97. The number of nitrogens with one attached hydrogen (secondary N) is 1. The van der Waals surface area contributed by atoms with Gasteiger partial charge >= 0.3 is 6.09 Å². The van der Waals surface area contributed by atoms with E-state index in [2.05, 4.69) is 10.3 Å². The predicted octanol–water partition coefficient (Wildman–Crippen LogP) is 5.51. The van der Waals surface area contributed by atoms with Gasteiger partial charge in [0.05, 0.1) is 12.1 Å². The van der Waals surface area contributed by atoms with Crippen LogP contribution < -0.4 is 10.2 Å². The van der Waals surface area contributed by atoms with E-state index in [1.807, 2.05) is 60.7 Å². The molecule has 0 spiro atoms. The molecule has 192 valence electrons. The Labute approximate surface area is 217 Å². The predicted molar refractivity (Wildman–Crippen MR) is 143 cm³/mol. The third-order valence-electron chi connectivity index (χ3n) is 5.62. The summed E-state index contributed by atoms with van der Waals surface area (Å²) in [7, 11) is 0. The van der Waals surface area contributed by atoms with Crippen LogP contribution in [0.1, 0.15) is 57.7 Å². The van der Waals surface area contributed by atoms with E-state index < -0.39 is 29.9 Å². The zero-order chi connectivity index (χ0) is 26.1. The van der Waals surface area contributed by atoms with Gasteiger partial charge in [0.1, 0.15) is 11.6 Å². The molecule has 0 saturated carbocycles. The van der Waals surface area contributed by atoms with Crippen LogP contribution in [-0.4, -0.2) is 39.8 Å². The van der Waals surface area contributed by atoms with Crippen molar-refractivity contribution in [2.24, 2.45) is 0 Å². The number of carbonyl (C=O) groups excluding carboxylic acids is 2. The summed E-state index contributed by atoms with van der Waals surface area (Å²) in [6, 6.07) is 18.2. The van der Waals surface area contributed by atoms with Crippen LogP contribution in [0.25, 0.3) is 0 Å². The molecule has 2 aromatic carbocycles. The number of hydrogen-bond acceptors (Lipinski definition) is 6. The molecule has 3 rings (SSSR count). The Hall–Kier alpha value is -3.23. The van der Waals surface area contributed by atoms with Gasteiger partial charge in [-0.1, -0.05) is 60.7 Å². The lowest BCUT2D eigenvalue weighted by molar-refractivity contribution is -0.123. The van der Waals surface area contributed by atoms with Crippen LogP contribution in [-0.2, 0) is 16.0 Å². The number of thiazole rings is 1. The number of nitrogens with zero attached hydrogens (tertiary/aromatic N) is 2. The zero-order valence-electron chi connectivity index (χ0n) is 21.3. The van der Waals surface area contributed by atoms with Crippen LogP contribution in [0, 0.1) is 0 Å². The van der Waals surface area contributed by atoms with Crippen molar-refractivity contribution in [1.82, 2.24) is 10.3 Å². The van der Waals surface area contributed by atoms with E-state index in [4.69, 9.17) is 4.74 Å². The van der Waals surface area contributed by atoms with Gasteiger partial charge in [-0.2, -0.15) is 0 Å². The molecule has 0 radical (unpaired) electrons. The number of aryl methyl sites for hydroxylation is 1. The van der Waals surface area contributed by atoms with Crippen molar-refractivity contribution in [3.63, 3.8) is 0 Å². The van der Waals surface area contributed by atoms with Crippen LogP contribution in [0.2, 0.25) is 0 Å². The summed E-state index contributed by atoms with van der Waals surface area (Å²) < 4.78 is 5.56. The fraction of sp³-hybridized carbons (Fsp3) is 0.393. The molecule has 3 aromatic rings. The number of carbonyl (C=O) groups is 2. The van der Waals surface area contributed by atoms with Gasteiger partial charge in [0.2, 0.25) is 5.91 Å². The van der Waals surface area contributed by atoms with E-state index in [1.165, 1.54) is 16.2 Å². The van der Waals surface area contributed by atoms with E-state index >= 15 is 0 Å². The van der Waals surface area contributed by atoms with E-state index in [1.54, 1.807) is 39.3 Å². The molecule has 0 aliphatic rings. The average molecular weight is 510 g/mol. The molecule has 2 amide bonds. The molecule has 0 aliphatic carbocycles. The van der Waals surface area contributed by atoms with Crippen molar-refractivity contribution < 1.29 is 19.4 Å². The molecule has 2 unspecified atom stereocenters. The summed E-state index contributed by atoms with van der Waals surface area (Å²) in [5, 5.41) is 16.0. The monoisotopic (exact) mass is 509 g/mol. The molecular formula is C28H35N3O4S. The molecule has 0 bridgehead atoms. The second-order valence-corrected chi connectivity index (χ2v) is 10.6. The fourth-order valence-electron chi connectivity index (χ4n) is 3.79. The average Bonchev–Trinajstić information content (AvgIpc) is 3.36. The second-order valence-electron chi connectivity index (χ2n) is 9.73. The lowest BCUT2D eigenvalue weighted by Gasteiger charge is -2.31. The minimum atomic E-state index is -0.876. The van der Waals surface area contributed by atoms with E-state index in [-0.39, 0.29) is 5.91 Å². The van der Waals surface area contributed by atoms with Crippen molar-refractivity contribution in [2.75, 3.05) is 4.90 Å². The quantitative estimate of drug-likeness (QED) is 0.376. The Kier molecular flexibility index (Phi) is 9.61. The summed E-state index contributed by atoms with van der Waals surface area (Å²) >= 11 is 1.26. The number of rotatable bonds is 10. The molecule has 1 heterocycles. The highest BCUT2D eigenvalue weighted by atomic mass is 32.1. The highest BCUT2D eigenvalue weighted by molar-refractivity contribution is 7.13. The Balaban J connectivity index is 1.74. The molecule has 7 nitrogen and oxygen atoms in total. The maximum absolute atomic E-state index is 13.4. The Morgan fingerprint density at radius 1 is 1.08 bits per heavy atom. The first-order valence-corrected chi connectivity index (χ1v) is 13.0. The lowest BCUT2D eigenvalue weighted by Crippen LogP contribution is -2.50. The van der Waals surface area contributed by atoms with Crippen LogP contribution in [0.5, 0.6) is 0 Å². The lowest BCUT2D eigenvalue weighted by atomic mass is 9.96. The Morgan fingerprint density at radius 3 is 2.31 bits per heavy atom. The number of hydrogen-bond donors (Lipinski definition) is 2. The van der Waals surface area contributed by atoms with Crippen molar-refractivity contribution in [1.29, 1.82) is 0 Å². The third kappa shape index (κ3) is 8.17. The highest BCUT2D eigenvalue weighted by Crippen LogP contribution is 2.25. The number of aliphatic hydroxyl groups is 1. The van der Waals surface area contributed by atoms with Crippen molar-refractivity contribution >= 4 is 28.5 Å². The maximum atomic E-state index is 13.4. The molecule has 0 saturated heterocycles. The number of aromatic nitrogens is 1. The van der Waals surface area contributed by atoms with Gasteiger partial charge in [-0.25, -0.2) is 14.7 Å². The van der Waals surface area contributed by atoms with E-state index in [9.17, 15) is 14.7 Å². The first-order valence-electron chi connectivity index (χ1n) is 12.1. The molecule has 0 fully saturated rings. The first-order chi connectivity index (χ1) is 17.1. The van der Waals surface area contributed by atoms with E-state index in [0.717, 1.165) is 17.5 Å². The summed E-state index contributed by atoms with van der Waals surface area (Å²) in [5.41, 5.74) is 1.31. The van der Waals surface area contributed by atoms with Crippen molar-refractivity contribution in [2.45, 2.75) is 70.7 Å². The molecule has 1 aromatic heterocycles. The van der Waals surface area contributed by atoms with Crippen molar-refractivity contribution in [3.8, 4) is 0 Å². The number of ether oxygens (including phenoxy) is 1. The van der Waals surface area contributed by atoms with E-state index in [0.29, 0.717) is 18.0 Å². The summed E-state index contributed by atoms with van der Waals surface area (Å²) in [4.78, 5) is 31.9. The number of amides is 2. The summed E-state index contributed by atoms with van der Waals surface area (Å²) in [6.07, 6.45) is 1.98. The minimum absolute atomic E-state index is 0.346. The van der Waals surface area contributed by atoms with Gasteiger partial charge < -0.3 is 15.2 Å². The zero-order valence-corrected chi connectivity index (χ0v) is 22.1. The Morgan fingerprint density at radius 2 is 1.72 bits per heavy atom. The normalized spacial score (nSPS) is 13.9. The van der Waals surface area contributed by atoms with Crippen LogP contribution in [0.15, 0.2) is 72.2 Å². The number of aliphatic hydroxyl groups excluding tert-OH is 1. The molecule has 2 N–H and O–H groups in total. The van der Waals surface area contributed by atoms with Gasteiger partial charge in [0.15, 0.2) is 5.13 Å². The summed E-state index contributed by atoms with van der Waals surface area (Å²) in [5.74, 6) is -0.361. The molecule has 8 heteroatoms. The van der Waals surface area contributed by atoms with Gasteiger partial charge in [-0.05, 0) is 58.1 Å². The van der Waals surface area contributed by atoms with Crippen LogP contribution in [0.4, 0.5) is 9.93 Å². The van der Waals surface area contributed by atoms with Gasteiger partial charge in [-0.3, -0.25) is 4.79 Å². The molecule has 0 aliphatic heterocycles. The maximum Gasteiger partial charge on any atom is 0.417 e. The highest BCUT2D eigenvalue weighted by Gasteiger charge is 2.34. The van der Waals surface area contributed by atoms with Crippen molar-refractivity contribution in [3.05, 3.63) is 83.4 Å². The third-order valence-corrected chi connectivity index (χ3v) is 6.39. The van der Waals surface area contributed by atoms with Gasteiger partial charge in [-0.15, -0.1) is 11.3 Å². The number of anilines is 1. The van der Waals surface area contributed by atoms with Gasteiger partial charge in [0.25, 0.3) is 0 Å². The van der Waals surface area contributed by atoms with Gasteiger partial charge in [0, 0.05) is 11.6 Å². The molecular weight excluding hydrogens is 474 g/mol. The molecule has 3 atom stereocenters. The topological polar surface area (TPSA) is 91.8 Å². The SMILES string of the molecule is C[C@@H](C(=O)NC(CC(O)CCc1ccccc1)c1ccccc1)N(C(=O)OC(C)(C)C)c1nccs1. The minimum Gasteiger partial charge on any atom is -0.443 e. The Bertz CT molecular complexity index is 1080. The van der Waals surface area contributed by atoms with Crippen LogP contribution >= 0.6 is 11.3 Å². The standard InChI is InChI=1S/C28H35N3O4S/c1-20(31(26-29-17-18-36-26)27(34)35-28(2,3)4)25(33)30-24(22-13-9-6-10-14-22)19-23(32)16-15-21-11-7-5-8-12-21/h5-14,17-18,20,23-24,32H,15-16,19H2,1-4H3,(H,30,33)/t20-,23?,24?/m0/s1. The number of benzene rings is 2. The second kappa shape index (κ2) is 12.6.